The molecule has 5 heteroatoms. The number of rotatable bonds is 4. The average molecular weight is 325 g/mol. The number of likely N-dealkylation sites (tertiary alicyclic amines) is 1. The molecular formula is C17H22ClFN2O. The number of hydrogen-bond acceptors (Lipinski definition) is 2. The summed E-state index contributed by atoms with van der Waals surface area (Å²) in [5, 5.41) is 3.64. The second kappa shape index (κ2) is 6.55. The first-order chi connectivity index (χ1) is 10.6. The molecule has 1 N–H and O–H groups in total. The van der Waals surface area contributed by atoms with Gasteiger partial charge in [-0.25, -0.2) is 4.39 Å². The Kier molecular flexibility index (Phi) is 4.69. The zero-order valence-electron chi connectivity index (χ0n) is 12.8. The Bertz CT molecular complexity index is 537. The van der Waals surface area contributed by atoms with Gasteiger partial charge < -0.3 is 10.2 Å². The molecule has 3 nitrogen and oxygen atoms in total. The second-order valence-electron chi connectivity index (χ2n) is 6.41. The molecule has 0 aromatic heterocycles. The van der Waals surface area contributed by atoms with Gasteiger partial charge in [0, 0.05) is 35.5 Å². The smallest absolute Gasteiger partial charge is 0.226 e. The molecule has 2 unspecified atom stereocenters. The van der Waals surface area contributed by atoms with Crippen LogP contribution in [0.15, 0.2) is 18.2 Å². The zero-order chi connectivity index (χ0) is 15.7. The lowest BCUT2D eigenvalue weighted by Crippen LogP contribution is -2.41. The Labute approximate surface area is 135 Å². The third-order valence-electron chi connectivity index (χ3n) is 4.90. The van der Waals surface area contributed by atoms with Gasteiger partial charge >= 0.3 is 0 Å². The third kappa shape index (κ3) is 3.13. The summed E-state index contributed by atoms with van der Waals surface area (Å²) >= 11 is 6.10. The van der Waals surface area contributed by atoms with Crippen LogP contribution in [0.2, 0.25) is 5.02 Å². The molecular weight excluding hydrogens is 303 g/mol. The van der Waals surface area contributed by atoms with Gasteiger partial charge in [-0.1, -0.05) is 17.7 Å². The fourth-order valence-corrected chi connectivity index (χ4v) is 3.84. The van der Waals surface area contributed by atoms with Crippen molar-refractivity contribution in [1.82, 2.24) is 10.2 Å². The normalized spacial score (nSPS) is 25.3. The van der Waals surface area contributed by atoms with Crippen molar-refractivity contribution in [2.24, 2.45) is 11.8 Å². The van der Waals surface area contributed by atoms with Crippen LogP contribution in [0.25, 0.3) is 0 Å². The van der Waals surface area contributed by atoms with Gasteiger partial charge in [0.1, 0.15) is 5.82 Å². The van der Waals surface area contributed by atoms with Crippen LogP contribution in [-0.2, 0) is 4.79 Å². The lowest BCUT2D eigenvalue weighted by Gasteiger charge is -2.32. The van der Waals surface area contributed by atoms with E-state index >= 15 is 0 Å². The highest BCUT2D eigenvalue weighted by Crippen LogP contribution is 2.51. The van der Waals surface area contributed by atoms with Gasteiger partial charge in [-0.3, -0.25) is 4.79 Å². The van der Waals surface area contributed by atoms with Crippen LogP contribution in [0.4, 0.5) is 4.39 Å². The predicted molar refractivity (Wildman–Crippen MR) is 85.5 cm³/mol. The summed E-state index contributed by atoms with van der Waals surface area (Å²) in [4.78, 5) is 14.5. The molecule has 1 aromatic rings. The molecule has 1 amide bonds. The number of carbonyl (C=O) groups excluding carboxylic acids is 1. The maximum absolute atomic E-state index is 13.9. The van der Waals surface area contributed by atoms with Gasteiger partial charge in [0.15, 0.2) is 0 Å². The first-order valence-corrected chi connectivity index (χ1v) is 8.37. The van der Waals surface area contributed by atoms with Crippen LogP contribution in [0.5, 0.6) is 0 Å². The summed E-state index contributed by atoms with van der Waals surface area (Å²) in [5.41, 5.74) is 0.521. The van der Waals surface area contributed by atoms with Crippen molar-refractivity contribution in [3.63, 3.8) is 0 Å². The third-order valence-corrected chi connectivity index (χ3v) is 5.23. The molecule has 1 saturated heterocycles. The van der Waals surface area contributed by atoms with Crippen molar-refractivity contribution in [2.45, 2.75) is 25.2 Å². The van der Waals surface area contributed by atoms with Gasteiger partial charge in [-0.05, 0) is 50.9 Å². The van der Waals surface area contributed by atoms with Gasteiger partial charge in [0.05, 0.1) is 0 Å². The summed E-state index contributed by atoms with van der Waals surface area (Å²) < 4.78 is 13.9. The molecule has 1 heterocycles. The van der Waals surface area contributed by atoms with Crippen molar-refractivity contribution >= 4 is 17.5 Å². The average Bonchev–Trinajstić information content (AvgIpc) is 3.28. The zero-order valence-corrected chi connectivity index (χ0v) is 13.6. The summed E-state index contributed by atoms with van der Waals surface area (Å²) in [6, 6.07) is 4.72. The molecule has 2 fully saturated rings. The Balaban J connectivity index is 1.60. The maximum Gasteiger partial charge on any atom is 0.226 e. The van der Waals surface area contributed by atoms with Crippen molar-refractivity contribution < 1.29 is 9.18 Å². The number of amides is 1. The lowest BCUT2D eigenvalue weighted by molar-refractivity contribution is -0.134. The van der Waals surface area contributed by atoms with Crippen LogP contribution >= 0.6 is 11.6 Å². The number of carbonyl (C=O) groups is 1. The standard InChI is InChI=1S/C17H22ClFN2O/c1-20-10-11-5-7-21(8-6-11)17(22)13-9-12(13)16-14(18)3-2-4-15(16)19/h2-4,11-13,20H,5-10H2,1H3. The molecule has 3 rings (SSSR count). The lowest BCUT2D eigenvalue weighted by atomic mass is 9.96. The number of hydrogen-bond donors (Lipinski definition) is 1. The molecule has 0 radical (unpaired) electrons. The highest BCUT2D eigenvalue weighted by atomic mass is 35.5. The van der Waals surface area contributed by atoms with E-state index in [-0.39, 0.29) is 23.6 Å². The summed E-state index contributed by atoms with van der Waals surface area (Å²) in [6.07, 6.45) is 2.81. The van der Waals surface area contributed by atoms with Crippen molar-refractivity contribution in [3.05, 3.63) is 34.6 Å². The summed E-state index contributed by atoms with van der Waals surface area (Å²) in [6.45, 7) is 2.65. The first kappa shape index (κ1) is 15.8. The molecule has 1 aliphatic carbocycles. The first-order valence-electron chi connectivity index (χ1n) is 7.99. The number of nitrogens with one attached hydrogen (secondary N) is 1. The molecule has 0 bridgehead atoms. The fraction of sp³-hybridized carbons (Fsp3) is 0.588. The molecule has 120 valence electrons. The van der Waals surface area contributed by atoms with Crippen LogP contribution in [0, 0.1) is 17.7 Å². The highest BCUT2D eigenvalue weighted by molar-refractivity contribution is 6.31. The molecule has 0 spiro atoms. The van der Waals surface area contributed by atoms with E-state index in [0.717, 1.165) is 38.9 Å². The van der Waals surface area contributed by atoms with Gasteiger partial charge in [0.2, 0.25) is 5.91 Å². The molecule has 22 heavy (non-hydrogen) atoms. The largest absolute Gasteiger partial charge is 0.342 e. The van der Waals surface area contributed by atoms with Crippen molar-refractivity contribution in [1.29, 1.82) is 0 Å². The number of nitrogens with zero attached hydrogens (tertiary/aromatic N) is 1. The predicted octanol–water partition coefficient (Wildman–Crippen LogP) is 3.04. The van der Waals surface area contributed by atoms with Gasteiger partial charge in [-0.15, -0.1) is 0 Å². The SMILES string of the molecule is CNCC1CCN(C(=O)C2CC2c2c(F)cccc2Cl)CC1. The van der Waals surface area contributed by atoms with E-state index in [1.807, 2.05) is 11.9 Å². The summed E-state index contributed by atoms with van der Waals surface area (Å²) in [7, 11) is 1.96. The molecule has 2 aliphatic rings. The van der Waals surface area contributed by atoms with E-state index in [9.17, 15) is 9.18 Å². The van der Waals surface area contributed by atoms with Gasteiger partial charge in [0.25, 0.3) is 0 Å². The quantitative estimate of drug-likeness (QED) is 0.923. The monoisotopic (exact) mass is 324 g/mol. The fourth-order valence-electron chi connectivity index (χ4n) is 3.53. The highest BCUT2D eigenvalue weighted by Gasteiger charge is 2.48. The van der Waals surface area contributed by atoms with E-state index in [1.165, 1.54) is 6.07 Å². The van der Waals surface area contributed by atoms with Crippen molar-refractivity contribution in [2.75, 3.05) is 26.7 Å². The molecule has 2 atom stereocenters. The number of piperidine rings is 1. The van der Waals surface area contributed by atoms with Gasteiger partial charge in [-0.2, -0.15) is 0 Å². The Morgan fingerprint density at radius 1 is 1.41 bits per heavy atom. The van der Waals surface area contributed by atoms with E-state index in [0.29, 0.717) is 16.5 Å². The minimum absolute atomic E-state index is 0.0452. The van der Waals surface area contributed by atoms with Crippen LogP contribution in [0.3, 0.4) is 0 Å². The van der Waals surface area contributed by atoms with E-state index in [2.05, 4.69) is 5.32 Å². The maximum atomic E-state index is 13.9. The minimum atomic E-state index is -0.291. The minimum Gasteiger partial charge on any atom is -0.342 e. The Hall–Kier alpha value is -1.13. The van der Waals surface area contributed by atoms with E-state index < -0.39 is 0 Å². The summed E-state index contributed by atoms with van der Waals surface area (Å²) in [5.74, 6) is 0.407. The molecule has 1 aromatic carbocycles. The Morgan fingerprint density at radius 2 is 2.14 bits per heavy atom. The number of benzene rings is 1. The topological polar surface area (TPSA) is 32.3 Å². The molecule has 1 saturated carbocycles. The second-order valence-corrected chi connectivity index (χ2v) is 6.82. The van der Waals surface area contributed by atoms with Crippen LogP contribution < -0.4 is 5.32 Å². The Morgan fingerprint density at radius 3 is 2.77 bits per heavy atom. The molecule has 1 aliphatic heterocycles. The van der Waals surface area contributed by atoms with E-state index in [1.54, 1.807) is 12.1 Å². The number of halogens is 2. The van der Waals surface area contributed by atoms with Crippen molar-refractivity contribution in [3.8, 4) is 0 Å². The van der Waals surface area contributed by atoms with E-state index in [4.69, 9.17) is 11.6 Å². The van der Waals surface area contributed by atoms with Crippen LogP contribution in [-0.4, -0.2) is 37.5 Å². The van der Waals surface area contributed by atoms with Crippen LogP contribution in [0.1, 0.15) is 30.7 Å².